The van der Waals surface area contributed by atoms with Crippen LogP contribution >= 0.6 is 0 Å². The van der Waals surface area contributed by atoms with Gasteiger partial charge in [0.05, 0.1) is 18.3 Å². The van der Waals surface area contributed by atoms with Gasteiger partial charge in [0.1, 0.15) is 0 Å². The standard InChI is InChI=1S/3C7H17N2O.Al/c3*1-8(2)5-7(10)6-9(3)4;/h3*7H,5-6H2,1-4H3;/q3*-1;+3. The second kappa shape index (κ2) is 16.7. The first kappa shape index (κ1) is 31.2. The molecule has 31 heavy (non-hydrogen) atoms. The van der Waals surface area contributed by atoms with E-state index < -0.39 is 15.1 Å². The molecule has 0 unspecified atom stereocenters. The molecule has 0 fully saturated rings. The lowest BCUT2D eigenvalue weighted by atomic mass is 10.3. The second-order valence-electron chi connectivity index (χ2n) is 10.1. The average molecular weight is 463 g/mol. The minimum atomic E-state index is -2.42. The summed E-state index contributed by atoms with van der Waals surface area (Å²) in [4.78, 5) is 13.0. The molecular weight excluding hydrogens is 411 g/mol. The maximum atomic E-state index is 6.60. The molecule has 0 rings (SSSR count). The predicted molar refractivity (Wildman–Crippen MR) is 132 cm³/mol. The van der Waals surface area contributed by atoms with Crippen molar-refractivity contribution in [3.05, 3.63) is 0 Å². The molecule has 0 aromatic carbocycles. The highest BCUT2D eigenvalue weighted by atomic mass is 27.3. The summed E-state index contributed by atoms with van der Waals surface area (Å²) in [5.74, 6) is 0. The van der Waals surface area contributed by atoms with Gasteiger partial charge in [0.15, 0.2) is 0 Å². The normalized spacial score (nSPS) is 13.1. The van der Waals surface area contributed by atoms with Crippen molar-refractivity contribution < 1.29 is 11.4 Å². The molecule has 0 aliphatic rings. The molecule has 0 spiro atoms. The van der Waals surface area contributed by atoms with E-state index in [1.807, 2.05) is 0 Å². The minimum Gasteiger partial charge on any atom is -0.450 e. The van der Waals surface area contributed by atoms with Crippen LogP contribution in [0.1, 0.15) is 0 Å². The van der Waals surface area contributed by atoms with Gasteiger partial charge in [0, 0.05) is 39.3 Å². The number of hydrogen-bond acceptors (Lipinski definition) is 9. The van der Waals surface area contributed by atoms with Crippen molar-refractivity contribution in [3.8, 4) is 0 Å². The molecule has 186 valence electrons. The van der Waals surface area contributed by atoms with Gasteiger partial charge in [0.2, 0.25) is 0 Å². The third-order valence-electron chi connectivity index (χ3n) is 4.32. The summed E-state index contributed by atoms with van der Waals surface area (Å²) in [6, 6.07) is 0. The number of likely N-dealkylation sites (N-methyl/N-ethyl adjacent to an activating group) is 6. The molecule has 0 aliphatic heterocycles. The van der Waals surface area contributed by atoms with Crippen LogP contribution in [-0.4, -0.2) is 187 Å². The molecule has 0 saturated heterocycles. The summed E-state index contributed by atoms with van der Waals surface area (Å²) in [5.41, 5.74) is 0. The molecule has 0 amide bonds. The number of hydrogen-bond donors (Lipinski definition) is 0. The zero-order chi connectivity index (χ0) is 24.1. The molecule has 0 aromatic rings. The van der Waals surface area contributed by atoms with Crippen molar-refractivity contribution >= 4 is 15.1 Å². The van der Waals surface area contributed by atoms with Crippen LogP contribution in [0.25, 0.3) is 0 Å². The van der Waals surface area contributed by atoms with Crippen molar-refractivity contribution in [1.29, 1.82) is 0 Å². The summed E-state index contributed by atoms with van der Waals surface area (Å²) in [7, 11) is 24.9. The lowest BCUT2D eigenvalue weighted by Crippen LogP contribution is -2.50. The quantitative estimate of drug-likeness (QED) is 0.251. The fourth-order valence-corrected chi connectivity index (χ4v) is 5.09. The van der Waals surface area contributed by atoms with Gasteiger partial charge in [-0.2, -0.15) is 0 Å². The maximum Gasteiger partial charge on any atom is 0.906 e. The molecule has 0 N–H and O–H groups in total. The minimum absolute atomic E-state index is 0.0281. The molecule has 0 saturated carbocycles. The van der Waals surface area contributed by atoms with Crippen molar-refractivity contribution in [2.45, 2.75) is 18.3 Å². The van der Waals surface area contributed by atoms with Crippen LogP contribution in [-0.2, 0) is 11.4 Å². The van der Waals surface area contributed by atoms with E-state index in [0.717, 1.165) is 39.3 Å². The smallest absolute Gasteiger partial charge is 0.450 e. The number of nitrogens with zero attached hydrogens (tertiary/aromatic N) is 6. The lowest BCUT2D eigenvalue weighted by molar-refractivity contribution is -0.0207. The first-order valence-electron chi connectivity index (χ1n) is 11.1. The van der Waals surface area contributed by atoms with E-state index >= 15 is 0 Å². The Morgan fingerprint density at radius 2 is 0.548 bits per heavy atom. The largest absolute Gasteiger partial charge is 0.906 e. The summed E-state index contributed by atoms with van der Waals surface area (Å²) < 4.78 is 19.8. The van der Waals surface area contributed by atoms with E-state index in [0.29, 0.717) is 0 Å². The third-order valence-corrected chi connectivity index (χ3v) is 6.14. The summed E-state index contributed by atoms with van der Waals surface area (Å²) in [6.45, 7) is 4.96. The molecular formula is C21H51AlN6O3. The van der Waals surface area contributed by atoms with E-state index in [9.17, 15) is 0 Å². The SMILES string of the molecule is CN(C)CC(CN(C)C)[O][Al]([O]C(CN(C)C)CN(C)C)[O]C(CN(C)C)CN(C)C. The zero-order valence-electron chi connectivity index (χ0n) is 22.5. The van der Waals surface area contributed by atoms with Gasteiger partial charge in [0.25, 0.3) is 0 Å². The Labute approximate surface area is 198 Å². The Kier molecular flexibility index (Phi) is 16.8. The maximum absolute atomic E-state index is 6.60. The molecule has 0 radical (unpaired) electrons. The predicted octanol–water partition coefficient (Wildman–Crippen LogP) is -0.503. The highest BCUT2D eigenvalue weighted by molar-refractivity contribution is 6.36. The highest BCUT2D eigenvalue weighted by Gasteiger charge is 2.40. The van der Waals surface area contributed by atoms with Gasteiger partial charge < -0.3 is 40.8 Å². The van der Waals surface area contributed by atoms with E-state index in [1.54, 1.807) is 0 Å². The van der Waals surface area contributed by atoms with Crippen molar-refractivity contribution in [3.63, 3.8) is 0 Å². The average Bonchev–Trinajstić information content (AvgIpc) is 2.50. The molecule has 0 heterocycles. The molecule has 0 aliphatic carbocycles. The van der Waals surface area contributed by atoms with E-state index in [4.69, 9.17) is 11.4 Å². The van der Waals surface area contributed by atoms with E-state index in [2.05, 4.69) is 114 Å². The fourth-order valence-electron chi connectivity index (χ4n) is 3.44. The molecule has 9 nitrogen and oxygen atoms in total. The zero-order valence-corrected chi connectivity index (χ0v) is 23.6. The Morgan fingerprint density at radius 3 is 0.677 bits per heavy atom. The monoisotopic (exact) mass is 462 g/mol. The summed E-state index contributed by atoms with van der Waals surface area (Å²) in [5, 5.41) is 0. The van der Waals surface area contributed by atoms with Crippen LogP contribution in [0.3, 0.4) is 0 Å². The van der Waals surface area contributed by atoms with Gasteiger partial charge in [-0.05, 0) is 84.6 Å². The highest BCUT2D eigenvalue weighted by Crippen LogP contribution is 2.10. The number of rotatable bonds is 18. The molecule has 0 aromatic heterocycles. The van der Waals surface area contributed by atoms with Crippen LogP contribution in [0.4, 0.5) is 0 Å². The van der Waals surface area contributed by atoms with Gasteiger partial charge in [-0.3, -0.25) is 0 Å². The van der Waals surface area contributed by atoms with Gasteiger partial charge in [-0.15, -0.1) is 0 Å². The third kappa shape index (κ3) is 18.3. The molecule has 0 bridgehead atoms. The summed E-state index contributed by atoms with van der Waals surface area (Å²) >= 11 is -2.42. The van der Waals surface area contributed by atoms with E-state index in [-0.39, 0.29) is 18.3 Å². The summed E-state index contributed by atoms with van der Waals surface area (Å²) in [6.07, 6.45) is 0.0844. The van der Waals surface area contributed by atoms with Crippen LogP contribution in [0.2, 0.25) is 0 Å². The van der Waals surface area contributed by atoms with Crippen LogP contribution < -0.4 is 0 Å². The van der Waals surface area contributed by atoms with Crippen LogP contribution in [0.15, 0.2) is 0 Å². The molecule has 0 atom stereocenters. The van der Waals surface area contributed by atoms with Crippen LogP contribution in [0, 0.1) is 0 Å². The fraction of sp³-hybridized carbons (Fsp3) is 1.00. The van der Waals surface area contributed by atoms with Gasteiger partial charge >= 0.3 is 15.1 Å². The topological polar surface area (TPSA) is 47.1 Å². The first-order valence-corrected chi connectivity index (χ1v) is 12.5. The Bertz CT molecular complexity index is 350. The second-order valence-corrected chi connectivity index (χ2v) is 11.5. The Balaban J connectivity index is 5.59. The Hall–Kier alpha value is 0.172. The van der Waals surface area contributed by atoms with Crippen molar-refractivity contribution in [2.75, 3.05) is 124 Å². The Morgan fingerprint density at radius 1 is 0.387 bits per heavy atom. The van der Waals surface area contributed by atoms with Crippen LogP contribution in [0.5, 0.6) is 0 Å². The first-order chi connectivity index (χ1) is 14.3. The van der Waals surface area contributed by atoms with E-state index in [1.165, 1.54) is 0 Å². The van der Waals surface area contributed by atoms with Gasteiger partial charge in [-0.1, -0.05) is 0 Å². The van der Waals surface area contributed by atoms with Gasteiger partial charge in [-0.25, -0.2) is 0 Å². The lowest BCUT2D eigenvalue weighted by Gasteiger charge is -2.33. The van der Waals surface area contributed by atoms with Crippen molar-refractivity contribution in [2.24, 2.45) is 0 Å². The van der Waals surface area contributed by atoms with Crippen molar-refractivity contribution in [1.82, 2.24) is 29.4 Å². The molecule has 10 heteroatoms.